The number of benzene rings is 1. The molecule has 1 amide bonds. The number of carbonyl (C=O) groups is 2. The maximum atomic E-state index is 13.4. The number of hydrogen-bond donors (Lipinski definition) is 1. The molecule has 1 unspecified atom stereocenters. The molecule has 1 saturated heterocycles. The van der Waals surface area contributed by atoms with Crippen molar-refractivity contribution in [2.75, 3.05) is 13.1 Å². The summed E-state index contributed by atoms with van der Waals surface area (Å²) in [5.41, 5.74) is 0.804. The standard InChI is InChI=1S/C21H26ClNO3/c22-16-5-3-4-15(12-16)13-21(6-1-2-7-21)19(26)23-10-8-20(9-11-23)14-17(20)18(24)25/h3-5,12,17H,1-2,6-11,13-14H2,(H,24,25). The van der Waals surface area contributed by atoms with Gasteiger partial charge >= 0.3 is 5.97 Å². The van der Waals surface area contributed by atoms with Crippen LogP contribution < -0.4 is 0 Å². The molecule has 1 spiro atoms. The number of nitrogens with zero attached hydrogens (tertiary/aromatic N) is 1. The van der Waals surface area contributed by atoms with Crippen LogP contribution >= 0.6 is 11.6 Å². The van der Waals surface area contributed by atoms with Crippen molar-refractivity contribution in [3.63, 3.8) is 0 Å². The van der Waals surface area contributed by atoms with E-state index in [2.05, 4.69) is 6.07 Å². The molecule has 2 saturated carbocycles. The lowest BCUT2D eigenvalue weighted by atomic mass is 9.77. The van der Waals surface area contributed by atoms with E-state index in [4.69, 9.17) is 11.6 Å². The van der Waals surface area contributed by atoms with E-state index in [1.807, 2.05) is 23.1 Å². The molecule has 3 fully saturated rings. The smallest absolute Gasteiger partial charge is 0.307 e. The summed E-state index contributed by atoms with van der Waals surface area (Å²) in [4.78, 5) is 26.7. The van der Waals surface area contributed by atoms with Crippen LogP contribution in [0.2, 0.25) is 5.02 Å². The van der Waals surface area contributed by atoms with Crippen LogP contribution in [0, 0.1) is 16.7 Å². The van der Waals surface area contributed by atoms with Crippen molar-refractivity contribution in [3.8, 4) is 0 Å². The Bertz CT molecular complexity index is 718. The molecule has 1 atom stereocenters. The number of carboxylic acids is 1. The first-order valence-corrected chi connectivity index (χ1v) is 10.1. The van der Waals surface area contributed by atoms with E-state index in [0.29, 0.717) is 13.1 Å². The molecule has 1 aromatic rings. The van der Waals surface area contributed by atoms with Crippen molar-refractivity contribution in [2.24, 2.45) is 16.7 Å². The number of aliphatic carboxylic acids is 1. The third-order valence-electron chi connectivity index (χ3n) is 6.98. The number of hydrogen-bond acceptors (Lipinski definition) is 2. The molecule has 0 radical (unpaired) electrons. The van der Waals surface area contributed by atoms with Crippen LogP contribution in [0.5, 0.6) is 0 Å². The topological polar surface area (TPSA) is 57.6 Å². The van der Waals surface area contributed by atoms with Crippen molar-refractivity contribution < 1.29 is 14.7 Å². The largest absolute Gasteiger partial charge is 0.481 e. The van der Waals surface area contributed by atoms with Crippen molar-refractivity contribution in [3.05, 3.63) is 34.9 Å². The van der Waals surface area contributed by atoms with Crippen molar-refractivity contribution in [1.82, 2.24) is 4.90 Å². The molecular formula is C21H26ClNO3. The zero-order chi connectivity index (χ0) is 18.4. The number of carboxylic acid groups (broad SMARTS) is 1. The van der Waals surface area contributed by atoms with E-state index in [1.54, 1.807) is 0 Å². The number of rotatable bonds is 4. The molecule has 0 aromatic heterocycles. The number of halogens is 1. The third kappa shape index (κ3) is 3.13. The summed E-state index contributed by atoms with van der Waals surface area (Å²) in [6, 6.07) is 7.86. The Hall–Kier alpha value is -1.55. The lowest BCUT2D eigenvalue weighted by Crippen LogP contribution is -2.48. The highest BCUT2D eigenvalue weighted by atomic mass is 35.5. The van der Waals surface area contributed by atoms with Gasteiger partial charge in [-0.05, 0) is 61.6 Å². The zero-order valence-electron chi connectivity index (χ0n) is 15.0. The van der Waals surface area contributed by atoms with Crippen molar-refractivity contribution >= 4 is 23.5 Å². The summed E-state index contributed by atoms with van der Waals surface area (Å²) in [7, 11) is 0. The fraction of sp³-hybridized carbons (Fsp3) is 0.619. The fourth-order valence-corrected chi connectivity index (χ4v) is 5.51. The Morgan fingerprint density at radius 2 is 1.85 bits per heavy atom. The van der Waals surface area contributed by atoms with E-state index in [-0.39, 0.29) is 22.7 Å². The SMILES string of the molecule is O=C(O)C1CC12CCN(C(=O)C1(Cc3cccc(Cl)c3)CCCC1)CC2. The highest BCUT2D eigenvalue weighted by molar-refractivity contribution is 6.30. The minimum Gasteiger partial charge on any atom is -0.481 e. The maximum absolute atomic E-state index is 13.4. The predicted molar refractivity (Wildman–Crippen MR) is 100 cm³/mol. The summed E-state index contributed by atoms with van der Waals surface area (Å²) in [6.07, 6.45) is 7.31. The van der Waals surface area contributed by atoms with Gasteiger partial charge in [-0.2, -0.15) is 0 Å². The molecule has 4 nitrogen and oxygen atoms in total. The lowest BCUT2D eigenvalue weighted by molar-refractivity contribution is -0.144. The number of carbonyl (C=O) groups excluding carboxylic acids is 1. The second-order valence-corrected chi connectivity index (χ2v) is 8.98. The zero-order valence-corrected chi connectivity index (χ0v) is 15.8. The minimum atomic E-state index is -0.669. The van der Waals surface area contributed by atoms with E-state index < -0.39 is 5.97 Å². The molecular weight excluding hydrogens is 350 g/mol. The van der Waals surface area contributed by atoms with Gasteiger partial charge in [0.25, 0.3) is 0 Å². The molecule has 1 N–H and O–H groups in total. The number of amides is 1. The average Bonchev–Trinajstić information content (AvgIpc) is 3.11. The fourth-order valence-electron chi connectivity index (χ4n) is 5.30. The minimum absolute atomic E-state index is 0.0294. The Morgan fingerprint density at radius 1 is 1.15 bits per heavy atom. The Morgan fingerprint density at radius 3 is 2.42 bits per heavy atom. The molecule has 1 aliphatic heterocycles. The molecule has 3 aliphatic rings. The molecule has 5 heteroatoms. The molecule has 1 heterocycles. The maximum Gasteiger partial charge on any atom is 0.307 e. The Labute approximate surface area is 159 Å². The second kappa shape index (κ2) is 6.56. The normalized spacial score (nSPS) is 26.0. The first kappa shape index (κ1) is 17.8. The lowest BCUT2D eigenvalue weighted by Gasteiger charge is -2.39. The summed E-state index contributed by atoms with van der Waals surface area (Å²) >= 11 is 6.14. The van der Waals surface area contributed by atoms with Gasteiger partial charge in [-0.25, -0.2) is 0 Å². The van der Waals surface area contributed by atoms with Crippen molar-refractivity contribution in [2.45, 2.75) is 51.4 Å². The highest BCUT2D eigenvalue weighted by Crippen LogP contribution is 2.59. The quantitative estimate of drug-likeness (QED) is 0.859. The third-order valence-corrected chi connectivity index (χ3v) is 7.22. The molecule has 4 rings (SSSR count). The van der Waals surface area contributed by atoms with Crippen LogP contribution in [0.25, 0.3) is 0 Å². The summed E-state index contributed by atoms with van der Waals surface area (Å²) < 4.78 is 0. The summed E-state index contributed by atoms with van der Waals surface area (Å²) in [5.74, 6) is -0.581. The Balaban J connectivity index is 1.46. The van der Waals surface area contributed by atoms with Gasteiger partial charge in [0.1, 0.15) is 0 Å². The van der Waals surface area contributed by atoms with Gasteiger partial charge in [-0.1, -0.05) is 36.6 Å². The predicted octanol–water partition coefficient (Wildman–Crippen LogP) is 4.16. The van der Waals surface area contributed by atoms with Gasteiger partial charge in [0.15, 0.2) is 0 Å². The van der Waals surface area contributed by atoms with Gasteiger partial charge < -0.3 is 10.0 Å². The van der Waals surface area contributed by atoms with Crippen LogP contribution in [0.15, 0.2) is 24.3 Å². The second-order valence-electron chi connectivity index (χ2n) is 8.54. The monoisotopic (exact) mass is 375 g/mol. The average molecular weight is 376 g/mol. The van der Waals surface area contributed by atoms with Crippen LogP contribution in [-0.2, 0) is 16.0 Å². The highest BCUT2D eigenvalue weighted by Gasteiger charge is 2.59. The molecule has 26 heavy (non-hydrogen) atoms. The van der Waals surface area contributed by atoms with Gasteiger partial charge in [0.05, 0.1) is 11.3 Å². The number of piperidine rings is 1. The number of likely N-dealkylation sites (tertiary alicyclic amines) is 1. The van der Waals surface area contributed by atoms with Gasteiger partial charge in [0.2, 0.25) is 5.91 Å². The van der Waals surface area contributed by atoms with E-state index >= 15 is 0 Å². The van der Waals surface area contributed by atoms with E-state index in [1.165, 1.54) is 0 Å². The first-order chi connectivity index (χ1) is 12.4. The van der Waals surface area contributed by atoms with Gasteiger partial charge in [-0.15, -0.1) is 0 Å². The Kier molecular flexibility index (Phi) is 4.50. The molecule has 140 valence electrons. The van der Waals surface area contributed by atoms with Crippen molar-refractivity contribution in [1.29, 1.82) is 0 Å². The van der Waals surface area contributed by atoms with E-state index in [9.17, 15) is 14.7 Å². The van der Waals surface area contributed by atoms with Gasteiger partial charge in [-0.3, -0.25) is 9.59 Å². The van der Waals surface area contributed by atoms with Crippen LogP contribution in [-0.4, -0.2) is 35.0 Å². The van der Waals surface area contributed by atoms with Crippen LogP contribution in [0.4, 0.5) is 0 Å². The van der Waals surface area contributed by atoms with Gasteiger partial charge in [0, 0.05) is 18.1 Å². The van der Waals surface area contributed by atoms with Crippen LogP contribution in [0.3, 0.4) is 0 Å². The molecule has 2 aliphatic carbocycles. The summed E-state index contributed by atoms with van der Waals surface area (Å²) in [5, 5.41) is 9.97. The van der Waals surface area contributed by atoms with E-state index in [0.717, 1.165) is 62.0 Å². The molecule has 0 bridgehead atoms. The summed E-state index contributed by atoms with van der Waals surface area (Å²) in [6.45, 7) is 1.42. The first-order valence-electron chi connectivity index (χ1n) is 9.71. The van der Waals surface area contributed by atoms with Crippen LogP contribution in [0.1, 0.15) is 50.5 Å². The molecule has 1 aromatic carbocycles.